The molecule has 0 saturated carbocycles. The number of nitro groups is 1. The average molecular weight is 276 g/mol. The summed E-state index contributed by atoms with van der Waals surface area (Å²) in [5, 5.41) is 18.1. The number of para-hydroxylation sites is 1. The van der Waals surface area contributed by atoms with E-state index in [1.165, 1.54) is 6.07 Å². The average Bonchev–Trinajstić information content (AvgIpc) is 2.68. The monoisotopic (exact) mass is 276 g/mol. The van der Waals surface area contributed by atoms with Crippen LogP contribution in [0.5, 0.6) is 0 Å². The number of benzene rings is 1. The summed E-state index contributed by atoms with van der Waals surface area (Å²) in [5.41, 5.74) is 7.70. The summed E-state index contributed by atoms with van der Waals surface area (Å²) in [6, 6.07) is 4.62. The predicted molar refractivity (Wildman–Crippen MR) is 75.5 cm³/mol. The van der Waals surface area contributed by atoms with Crippen LogP contribution < -0.4 is 11.1 Å². The van der Waals surface area contributed by atoms with Crippen molar-refractivity contribution in [2.75, 3.05) is 11.1 Å². The van der Waals surface area contributed by atoms with Gasteiger partial charge in [0.25, 0.3) is 0 Å². The van der Waals surface area contributed by atoms with Crippen molar-refractivity contribution < 1.29 is 9.45 Å². The minimum absolute atomic E-state index is 0.119. The number of aryl methyl sites for hydroxylation is 2. The van der Waals surface area contributed by atoms with Crippen LogP contribution in [-0.2, 0) is 0 Å². The third-order valence-electron chi connectivity index (χ3n) is 3.14. The van der Waals surface area contributed by atoms with Gasteiger partial charge in [0, 0.05) is 5.56 Å². The van der Waals surface area contributed by atoms with Gasteiger partial charge < -0.3 is 15.6 Å². The molecule has 20 heavy (non-hydrogen) atoms. The van der Waals surface area contributed by atoms with Crippen LogP contribution in [0, 0.1) is 24.0 Å². The molecule has 1 heterocycles. The maximum atomic E-state index is 11.1. The molecule has 0 saturated heterocycles. The summed E-state index contributed by atoms with van der Waals surface area (Å²) in [6.07, 6.45) is 0. The Labute approximate surface area is 115 Å². The Morgan fingerprint density at radius 1 is 1.45 bits per heavy atom. The lowest BCUT2D eigenvalue weighted by atomic mass is 10.1. The van der Waals surface area contributed by atoms with Crippen molar-refractivity contribution in [1.82, 2.24) is 5.16 Å². The van der Waals surface area contributed by atoms with Crippen molar-refractivity contribution in [2.24, 2.45) is 0 Å². The van der Waals surface area contributed by atoms with Crippen LogP contribution in [0.15, 0.2) is 22.7 Å². The zero-order valence-corrected chi connectivity index (χ0v) is 11.5. The third-order valence-corrected chi connectivity index (χ3v) is 3.14. The lowest BCUT2D eigenvalue weighted by Crippen LogP contribution is -2.10. The van der Waals surface area contributed by atoms with Gasteiger partial charge in [-0.1, -0.05) is 11.2 Å². The molecule has 7 heteroatoms. The first-order valence-electron chi connectivity index (χ1n) is 6.14. The Morgan fingerprint density at radius 3 is 2.70 bits per heavy atom. The van der Waals surface area contributed by atoms with E-state index in [-0.39, 0.29) is 17.4 Å². The van der Waals surface area contributed by atoms with Crippen molar-refractivity contribution in [3.8, 4) is 0 Å². The normalized spacial score (nSPS) is 12.2. The number of nitrogens with one attached hydrogen (secondary N) is 1. The van der Waals surface area contributed by atoms with Gasteiger partial charge in [-0.2, -0.15) is 0 Å². The Bertz CT molecular complexity index is 632. The predicted octanol–water partition coefficient (Wildman–Crippen LogP) is 2.95. The number of hydrogen-bond acceptors (Lipinski definition) is 6. The van der Waals surface area contributed by atoms with E-state index >= 15 is 0 Å². The van der Waals surface area contributed by atoms with Gasteiger partial charge in [0.15, 0.2) is 0 Å². The van der Waals surface area contributed by atoms with E-state index in [2.05, 4.69) is 10.5 Å². The molecule has 2 aromatic rings. The summed E-state index contributed by atoms with van der Waals surface area (Å²) in [7, 11) is 0. The number of nitrogens with two attached hydrogens (primary N) is 1. The summed E-state index contributed by atoms with van der Waals surface area (Å²) < 4.78 is 5.11. The van der Waals surface area contributed by atoms with Crippen LogP contribution in [-0.4, -0.2) is 10.1 Å². The maximum Gasteiger partial charge on any atom is 0.314 e. The van der Waals surface area contributed by atoms with Gasteiger partial charge in [-0.05, 0) is 32.9 Å². The van der Waals surface area contributed by atoms with Gasteiger partial charge in [0.05, 0.1) is 16.7 Å². The van der Waals surface area contributed by atoms with Crippen LogP contribution >= 0.6 is 0 Å². The van der Waals surface area contributed by atoms with Crippen molar-refractivity contribution in [1.29, 1.82) is 0 Å². The topological polar surface area (TPSA) is 107 Å². The van der Waals surface area contributed by atoms with Gasteiger partial charge >= 0.3 is 5.69 Å². The first-order chi connectivity index (χ1) is 9.41. The zero-order chi connectivity index (χ0) is 14.9. The van der Waals surface area contributed by atoms with Crippen LogP contribution in [0.2, 0.25) is 0 Å². The van der Waals surface area contributed by atoms with E-state index in [0.717, 1.165) is 11.3 Å². The number of nitrogens with zero attached hydrogens (tertiary/aromatic N) is 2. The molecule has 3 N–H and O–H groups in total. The summed E-state index contributed by atoms with van der Waals surface area (Å²) >= 11 is 0. The molecule has 1 aromatic carbocycles. The molecule has 0 aliphatic heterocycles. The van der Waals surface area contributed by atoms with Gasteiger partial charge in [-0.25, -0.2) is 0 Å². The van der Waals surface area contributed by atoms with Crippen molar-refractivity contribution >= 4 is 17.1 Å². The number of aromatic nitrogens is 1. The molecular weight excluding hydrogens is 260 g/mol. The first-order valence-corrected chi connectivity index (χ1v) is 6.14. The SMILES string of the molecule is Cc1noc(C)c1C(C)Nc1cccc(N)c1[N+](=O)[O-]. The van der Waals surface area contributed by atoms with E-state index in [0.29, 0.717) is 11.4 Å². The molecule has 0 aliphatic carbocycles. The highest BCUT2D eigenvalue weighted by molar-refractivity contribution is 5.74. The minimum atomic E-state index is -0.488. The van der Waals surface area contributed by atoms with Crippen LogP contribution in [0.25, 0.3) is 0 Å². The van der Waals surface area contributed by atoms with Crippen LogP contribution in [0.4, 0.5) is 17.1 Å². The van der Waals surface area contributed by atoms with Gasteiger partial charge in [0.1, 0.15) is 17.1 Å². The molecule has 0 bridgehead atoms. The van der Waals surface area contributed by atoms with Gasteiger partial charge in [-0.15, -0.1) is 0 Å². The second-order valence-electron chi connectivity index (χ2n) is 4.60. The molecule has 0 amide bonds. The van der Waals surface area contributed by atoms with E-state index in [1.807, 2.05) is 13.8 Å². The summed E-state index contributed by atoms with van der Waals surface area (Å²) in [6.45, 7) is 5.53. The first kappa shape index (κ1) is 13.9. The van der Waals surface area contributed by atoms with Gasteiger partial charge in [0.2, 0.25) is 0 Å². The number of rotatable bonds is 4. The van der Waals surface area contributed by atoms with Crippen LogP contribution in [0.1, 0.15) is 30.0 Å². The van der Waals surface area contributed by atoms with Crippen molar-refractivity contribution in [3.05, 3.63) is 45.3 Å². The van der Waals surface area contributed by atoms with Crippen LogP contribution in [0.3, 0.4) is 0 Å². The third kappa shape index (κ3) is 2.42. The molecule has 0 spiro atoms. The molecule has 1 aromatic heterocycles. The second kappa shape index (κ2) is 5.20. The number of anilines is 2. The Morgan fingerprint density at radius 2 is 2.15 bits per heavy atom. The lowest BCUT2D eigenvalue weighted by Gasteiger charge is -2.15. The standard InChI is InChI=1S/C13H16N4O3/c1-7(12-8(2)16-20-9(12)3)15-11-6-4-5-10(14)13(11)17(18)19/h4-7,15H,14H2,1-3H3. The molecule has 0 radical (unpaired) electrons. The Kier molecular flexibility index (Phi) is 3.60. The quantitative estimate of drug-likeness (QED) is 0.505. The fourth-order valence-corrected chi connectivity index (χ4v) is 2.30. The molecule has 7 nitrogen and oxygen atoms in total. The molecule has 2 rings (SSSR count). The van der Waals surface area contributed by atoms with E-state index in [1.54, 1.807) is 19.1 Å². The summed E-state index contributed by atoms with van der Waals surface area (Å²) in [4.78, 5) is 10.6. The Hall–Kier alpha value is -2.57. The van der Waals surface area contributed by atoms with Gasteiger partial charge in [-0.3, -0.25) is 10.1 Å². The molecule has 0 aliphatic rings. The Balaban J connectivity index is 2.36. The van der Waals surface area contributed by atoms with E-state index in [4.69, 9.17) is 10.3 Å². The molecular formula is C13H16N4O3. The fraction of sp³-hybridized carbons (Fsp3) is 0.308. The highest BCUT2D eigenvalue weighted by Crippen LogP contribution is 2.34. The highest BCUT2D eigenvalue weighted by Gasteiger charge is 2.22. The fourth-order valence-electron chi connectivity index (χ4n) is 2.30. The second-order valence-corrected chi connectivity index (χ2v) is 4.60. The van der Waals surface area contributed by atoms with E-state index < -0.39 is 4.92 Å². The highest BCUT2D eigenvalue weighted by atomic mass is 16.6. The molecule has 0 fully saturated rings. The van der Waals surface area contributed by atoms with Crippen molar-refractivity contribution in [2.45, 2.75) is 26.8 Å². The molecule has 106 valence electrons. The lowest BCUT2D eigenvalue weighted by molar-refractivity contribution is -0.383. The van der Waals surface area contributed by atoms with E-state index in [9.17, 15) is 10.1 Å². The smallest absolute Gasteiger partial charge is 0.314 e. The molecule has 1 atom stereocenters. The number of hydrogen-bond donors (Lipinski definition) is 2. The maximum absolute atomic E-state index is 11.1. The minimum Gasteiger partial charge on any atom is -0.393 e. The number of nitrogen functional groups attached to an aromatic ring is 1. The zero-order valence-electron chi connectivity index (χ0n) is 11.5. The van der Waals surface area contributed by atoms with Crippen molar-refractivity contribution in [3.63, 3.8) is 0 Å². The largest absolute Gasteiger partial charge is 0.393 e. The summed E-state index contributed by atoms with van der Waals surface area (Å²) in [5.74, 6) is 0.689. The number of nitro benzene ring substituents is 1. The molecule has 1 unspecified atom stereocenters.